The molecule has 0 aliphatic carbocycles. The van der Waals surface area contributed by atoms with Gasteiger partial charge >= 0.3 is 0 Å². The lowest BCUT2D eigenvalue weighted by Crippen LogP contribution is -2.32. The number of anilines is 1. The van der Waals surface area contributed by atoms with Crippen molar-refractivity contribution in [3.63, 3.8) is 0 Å². The topological polar surface area (TPSA) is 76.6 Å². The van der Waals surface area contributed by atoms with Crippen molar-refractivity contribution in [2.24, 2.45) is 5.73 Å². The lowest BCUT2D eigenvalue weighted by Gasteiger charge is -2.24. The average molecular weight is 297 g/mol. The van der Waals surface area contributed by atoms with Gasteiger partial charge in [-0.2, -0.15) is 0 Å². The zero-order valence-electron chi connectivity index (χ0n) is 11.5. The molecule has 5 nitrogen and oxygen atoms in total. The molecule has 2 rings (SSSR count). The monoisotopic (exact) mass is 296 g/mol. The van der Waals surface area contributed by atoms with Crippen LogP contribution in [-0.4, -0.2) is 55.2 Å². The van der Waals surface area contributed by atoms with E-state index in [1.807, 2.05) is 12.1 Å². The van der Waals surface area contributed by atoms with Gasteiger partial charge in [-0.05, 0) is 31.2 Å². The summed E-state index contributed by atoms with van der Waals surface area (Å²) >= 11 is 6.17. The summed E-state index contributed by atoms with van der Waals surface area (Å²) in [7, 11) is 0. The molecule has 0 amide bonds. The van der Waals surface area contributed by atoms with Crippen LogP contribution in [0.3, 0.4) is 0 Å². The molecule has 0 unspecified atom stereocenters. The molecule has 1 aliphatic rings. The van der Waals surface area contributed by atoms with Crippen molar-refractivity contribution < 1.29 is 5.11 Å². The Bertz CT molecular complexity index is 480. The van der Waals surface area contributed by atoms with Crippen LogP contribution in [0.1, 0.15) is 12.0 Å². The molecule has 1 aromatic rings. The molecule has 1 aliphatic heterocycles. The van der Waals surface area contributed by atoms with E-state index in [-0.39, 0.29) is 12.4 Å². The molecule has 1 saturated heterocycles. The highest BCUT2D eigenvalue weighted by Gasteiger charge is 2.15. The summed E-state index contributed by atoms with van der Waals surface area (Å²) in [4.78, 5) is 4.55. The van der Waals surface area contributed by atoms with Crippen molar-refractivity contribution in [3.05, 3.63) is 28.8 Å². The van der Waals surface area contributed by atoms with Crippen LogP contribution < -0.4 is 10.6 Å². The molecule has 1 heterocycles. The fourth-order valence-electron chi connectivity index (χ4n) is 2.51. The maximum absolute atomic E-state index is 9.01. The van der Waals surface area contributed by atoms with Gasteiger partial charge in [-0.1, -0.05) is 11.6 Å². The van der Waals surface area contributed by atoms with E-state index in [0.717, 1.165) is 44.8 Å². The van der Waals surface area contributed by atoms with Gasteiger partial charge in [0.25, 0.3) is 0 Å². The van der Waals surface area contributed by atoms with Crippen molar-refractivity contribution in [1.82, 2.24) is 4.90 Å². The number of nitrogens with two attached hydrogens (primary N) is 1. The maximum atomic E-state index is 9.01. The van der Waals surface area contributed by atoms with E-state index in [2.05, 4.69) is 9.80 Å². The summed E-state index contributed by atoms with van der Waals surface area (Å²) in [5, 5.41) is 17.0. The van der Waals surface area contributed by atoms with Crippen molar-refractivity contribution in [3.8, 4) is 0 Å². The number of halogens is 1. The third kappa shape index (κ3) is 3.62. The number of rotatable bonds is 4. The number of nitrogen functional groups attached to an aromatic ring is 1. The normalized spacial score (nSPS) is 17.0. The summed E-state index contributed by atoms with van der Waals surface area (Å²) < 4.78 is 0. The van der Waals surface area contributed by atoms with Gasteiger partial charge in [0.05, 0.1) is 11.6 Å². The van der Waals surface area contributed by atoms with Gasteiger partial charge in [0.2, 0.25) is 0 Å². The number of nitrogens with one attached hydrogen (secondary N) is 1. The smallest absolute Gasteiger partial charge is 0.124 e. The fourth-order valence-corrected chi connectivity index (χ4v) is 2.79. The van der Waals surface area contributed by atoms with Gasteiger partial charge in [0, 0.05) is 37.4 Å². The Labute approximate surface area is 124 Å². The number of hydrogen-bond acceptors (Lipinski definition) is 4. The minimum atomic E-state index is -0.00784. The molecule has 0 aromatic heterocycles. The first-order valence-electron chi connectivity index (χ1n) is 6.84. The van der Waals surface area contributed by atoms with Crippen molar-refractivity contribution in [2.45, 2.75) is 6.42 Å². The quantitative estimate of drug-likeness (QED) is 0.575. The maximum Gasteiger partial charge on any atom is 0.124 e. The van der Waals surface area contributed by atoms with E-state index in [4.69, 9.17) is 27.9 Å². The lowest BCUT2D eigenvalue weighted by molar-refractivity contribution is 0.204. The highest BCUT2D eigenvalue weighted by Crippen LogP contribution is 2.24. The number of hydrogen-bond donors (Lipinski definition) is 3. The molecule has 110 valence electrons. The van der Waals surface area contributed by atoms with Crippen molar-refractivity contribution in [1.29, 1.82) is 5.41 Å². The first kappa shape index (κ1) is 15.1. The first-order chi connectivity index (χ1) is 9.61. The van der Waals surface area contributed by atoms with Crippen LogP contribution >= 0.6 is 11.6 Å². The summed E-state index contributed by atoms with van der Waals surface area (Å²) in [6.07, 6.45) is 1.06. The molecular weight excluding hydrogens is 276 g/mol. The highest BCUT2D eigenvalue weighted by molar-refractivity contribution is 6.34. The van der Waals surface area contributed by atoms with Crippen LogP contribution in [0.5, 0.6) is 0 Å². The molecule has 0 atom stereocenters. The Hall–Kier alpha value is -1.30. The van der Waals surface area contributed by atoms with Gasteiger partial charge in [0.15, 0.2) is 0 Å². The van der Waals surface area contributed by atoms with Crippen LogP contribution in [0.2, 0.25) is 5.02 Å². The molecule has 1 fully saturated rings. The second kappa shape index (κ2) is 6.92. The van der Waals surface area contributed by atoms with Crippen LogP contribution in [0.25, 0.3) is 0 Å². The minimum absolute atomic E-state index is 0.00784. The van der Waals surface area contributed by atoms with E-state index in [9.17, 15) is 0 Å². The second-order valence-electron chi connectivity index (χ2n) is 4.98. The Kier molecular flexibility index (Phi) is 5.23. The van der Waals surface area contributed by atoms with Gasteiger partial charge in [-0.25, -0.2) is 0 Å². The number of amidine groups is 1. The first-order valence-corrected chi connectivity index (χ1v) is 7.21. The van der Waals surface area contributed by atoms with E-state index >= 15 is 0 Å². The van der Waals surface area contributed by atoms with Gasteiger partial charge in [-0.15, -0.1) is 0 Å². The molecule has 6 heteroatoms. The van der Waals surface area contributed by atoms with Gasteiger partial charge in [-0.3, -0.25) is 10.3 Å². The van der Waals surface area contributed by atoms with E-state index in [1.54, 1.807) is 6.07 Å². The predicted molar refractivity (Wildman–Crippen MR) is 82.8 cm³/mol. The Morgan fingerprint density at radius 3 is 2.75 bits per heavy atom. The zero-order valence-corrected chi connectivity index (χ0v) is 12.2. The largest absolute Gasteiger partial charge is 0.395 e. The number of β-amino-alcohol motifs (C(OH)–C–C–N with tert-alkyl or cyclic N) is 1. The van der Waals surface area contributed by atoms with Crippen LogP contribution in [0.4, 0.5) is 5.69 Å². The molecule has 20 heavy (non-hydrogen) atoms. The van der Waals surface area contributed by atoms with E-state index < -0.39 is 0 Å². The summed E-state index contributed by atoms with van der Waals surface area (Å²) in [5.41, 5.74) is 7.11. The SMILES string of the molecule is N=C(N)c1ccc(N2CCCN(CCO)CC2)cc1Cl. The van der Waals surface area contributed by atoms with Gasteiger partial charge in [0.1, 0.15) is 5.84 Å². The van der Waals surface area contributed by atoms with Crippen molar-refractivity contribution in [2.75, 3.05) is 44.2 Å². The molecule has 4 N–H and O–H groups in total. The minimum Gasteiger partial charge on any atom is -0.395 e. The number of nitrogens with zero attached hydrogens (tertiary/aromatic N) is 2. The molecule has 1 aromatic carbocycles. The molecule has 0 saturated carbocycles. The summed E-state index contributed by atoms with van der Waals surface area (Å²) in [6.45, 7) is 4.77. The van der Waals surface area contributed by atoms with E-state index in [1.165, 1.54) is 0 Å². The lowest BCUT2D eigenvalue weighted by atomic mass is 10.1. The number of aliphatic hydroxyl groups excluding tert-OH is 1. The van der Waals surface area contributed by atoms with E-state index in [0.29, 0.717) is 10.6 Å². The standard InChI is InChI=1S/C14H21ClN4O/c15-13-10-11(2-3-12(13)14(16)17)19-5-1-4-18(6-7-19)8-9-20/h2-3,10,20H,1,4-9H2,(H3,16,17). The molecular formula is C14H21ClN4O. The number of benzene rings is 1. The molecule has 0 spiro atoms. The Morgan fingerprint density at radius 1 is 1.30 bits per heavy atom. The van der Waals surface area contributed by atoms with Gasteiger partial charge < -0.3 is 15.7 Å². The summed E-state index contributed by atoms with van der Waals surface area (Å²) in [5.74, 6) is -0.00784. The third-order valence-electron chi connectivity index (χ3n) is 3.61. The Balaban J connectivity index is 2.08. The van der Waals surface area contributed by atoms with Crippen LogP contribution in [-0.2, 0) is 0 Å². The molecule has 0 radical (unpaired) electrons. The highest BCUT2D eigenvalue weighted by atomic mass is 35.5. The van der Waals surface area contributed by atoms with Crippen LogP contribution in [0, 0.1) is 5.41 Å². The number of aliphatic hydroxyl groups is 1. The Morgan fingerprint density at radius 2 is 2.10 bits per heavy atom. The van der Waals surface area contributed by atoms with Crippen molar-refractivity contribution >= 4 is 23.1 Å². The third-order valence-corrected chi connectivity index (χ3v) is 3.93. The molecule has 0 bridgehead atoms. The fraction of sp³-hybridized carbons (Fsp3) is 0.500. The second-order valence-corrected chi connectivity index (χ2v) is 5.39. The average Bonchev–Trinajstić information content (AvgIpc) is 2.64. The predicted octanol–water partition coefficient (Wildman–Crippen LogP) is 1.13. The van der Waals surface area contributed by atoms with Crippen LogP contribution in [0.15, 0.2) is 18.2 Å². The zero-order chi connectivity index (χ0) is 14.5. The summed E-state index contributed by atoms with van der Waals surface area (Å²) in [6, 6.07) is 5.64.